The minimum absolute atomic E-state index is 0.116. The summed E-state index contributed by atoms with van der Waals surface area (Å²) in [6.07, 6.45) is 7.62. The number of rotatable bonds is 10. The number of esters is 1. The fourth-order valence-electron chi connectivity index (χ4n) is 4.88. The molecule has 3 aromatic rings. The summed E-state index contributed by atoms with van der Waals surface area (Å²) >= 11 is 2.78. The van der Waals surface area contributed by atoms with E-state index in [-0.39, 0.29) is 17.8 Å². The zero-order chi connectivity index (χ0) is 27.9. The van der Waals surface area contributed by atoms with E-state index in [1.807, 2.05) is 37.5 Å². The Balaban J connectivity index is 1.47. The number of carbonyl (C=O) groups excluding carboxylic acids is 2. The summed E-state index contributed by atoms with van der Waals surface area (Å²) in [6.45, 7) is 10.3. The number of thiophene rings is 1. The molecule has 1 unspecified atom stereocenters. The third-order valence-corrected chi connectivity index (χ3v) is 8.75. The Bertz CT molecular complexity index is 1330. The Labute approximate surface area is 238 Å². The molecule has 1 aliphatic rings. The van der Waals surface area contributed by atoms with Gasteiger partial charge in [0.15, 0.2) is 17.1 Å². The molecule has 1 amide bonds. The number of hydrogen-bond acceptors (Lipinski definition) is 8. The summed E-state index contributed by atoms with van der Waals surface area (Å²) in [6, 6.07) is 6.08. The molecule has 1 aliphatic carbocycles. The van der Waals surface area contributed by atoms with Crippen LogP contribution in [0.3, 0.4) is 0 Å². The van der Waals surface area contributed by atoms with Crippen molar-refractivity contribution in [2.75, 3.05) is 18.2 Å². The van der Waals surface area contributed by atoms with Gasteiger partial charge in [0.25, 0.3) is 0 Å². The Morgan fingerprint density at radius 1 is 1.15 bits per heavy atom. The van der Waals surface area contributed by atoms with Gasteiger partial charge in [-0.25, -0.2) is 4.79 Å². The second-order valence-electron chi connectivity index (χ2n) is 9.77. The topological polar surface area (TPSA) is 95.3 Å². The maximum Gasteiger partial charge on any atom is 0.341 e. The molecule has 39 heavy (non-hydrogen) atoms. The van der Waals surface area contributed by atoms with Crippen LogP contribution in [0.25, 0.3) is 0 Å². The van der Waals surface area contributed by atoms with Crippen LogP contribution < -0.4 is 10.1 Å². The highest BCUT2D eigenvalue weighted by atomic mass is 32.2. The SMILES string of the molecule is C=CCn1c(SCC(=O)Nc2sc3c(c2C(=O)OC)CCCCCC3)nnc1C(C)Oc1cc(C)cc(C)c1. The standard InChI is InChI=1S/C29H36N4O4S2/c1-6-13-33-26(20(4)37-21-15-18(2)14-19(3)16-21)31-32-29(33)38-17-24(34)30-27-25(28(35)36-5)22-11-9-7-8-10-12-23(22)39-27/h6,14-16,20H,1,7-13,17H2,2-5H3,(H,30,34). The number of amides is 1. The van der Waals surface area contributed by atoms with Crippen LogP contribution in [0.15, 0.2) is 36.0 Å². The van der Waals surface area contributed by atoms with Crippen LogP contribution in [-0.4, -0.2) is 39.5 Å². The van der Waals surface area contributed by atoms with E-state index in [2.05, 4.69) is 28.2 Å². The fourth-order valence-corrected chi connectivity index (χ4v) is 6.93. The summed E-state index contributed by atoms with van der Waals surface area (Å²) in [7, 11) is 1.38. The van der Waals surface area contributed by atoms with Crippen molar-refractivity contribution in [3.63, 3.8) is 0 Å². The van der Waals surface area contributed by atoms with Crippen molar-refractivity contribution in [1.29, 1.82) is 0 Å². The first-order valence-corrected chi connectivity index (χ1v) is 15.0. The highest BCUT2D eigenvalue weighted by Gasteiger charge is 2.26. The monoisotopic (exact) mass is 568 g/mol. The molecule has 8 nitrogen and oxygen atoms in total. The largest absolute Gasteiger partial charge is 0.483 e. The number of ether oxygens (including phenoxy) is 2. The number of anilines is 1. The summed E-state index contributed by atoms with van der Waals surface area (Å²) < 4.78 is 13.2. The van der Waals surface area contributed by atoms with E-state index in [0.29, 0.717) is 28.1 Å². The lowest BCUT2D eigenvalue weighted by Gasteiger charge is -2.16. The Morgan fingerprint density at radius 2 is 1.87 bits per heavy atom. The summed E-state index contributed by atoms with van der Waals surface area (Å²) in [5, 5.41) is 12.9. The van der Waals surface area contributed by atoms with Crippen LogP contribution in [0, 0.1) is 13.8 Å². The molecule has 10 heteroatoms. The first kappa shape index (κ1) is 28.9. The molecule has 0 saturated heterocycles. The van der Waals surface area contributed by atoms with Gasteiger partial charge in [-0.3, -0.25) is 9.36 Å². The van der Waals surface area contributed by atoms with Crippen LogP contribution in [0.4, 0.5) is 5.00 Å². The van der Waals surface area contributed by atoms with Crippen molar-refractivity contribution in [1.82, 2.24) is 14.8 Å². The third kappa shape index (κ3) is 7.10. The molecule has 1 aromatic carbocycles. The molecule has 0 bridgehead atoms. The number of methoxy groups -OCH3 is 1. The Morgan fingerprint density at radius 3 is 2.56 bits per heavy atom. The van der Waals surface area contributed by atoms with Gasteiger partial charge in [-0.2, -0.15) is 0 Å². The zero-order valence-electron chi connectivity index (χ0n) is 23.0. The minimum atomic E-state index is -0.399. The van der Waals surface area contributed by atoms with E-state index in [9.17, 15) is 9.59 Å². The second kappa shape index (κ2) is 13.3. The smallest absolute Gasteiger partial charge is 0.341 e. The van der Waals surface area contributed by atoms with Crippen molar-refractivity contribution in [3.8, 4) is 5.75 Å². The molecule has 0 radical (unpaired) electrons. The number of fused-ring (bicyclic) bond motifs is 1. The molecule has 208 valence electrons. The van der Waals surface area contributed by atoms with E-state index in [1.165, 1.54) is 41.5 Å². The summed E-state index contributed by atoms with van der Waals surface area (Å²) in [5.74, 6) is 0.930. The van der Waals surface area contributed by atoms with Crippen molar-refractivity contribution in [3.05, 3.63) is 63.8 Å². The highest BCUT2D eigenvalue weighted by molar-refractivity contribution is 7.99. The maximum atomic E-state index is 13.0. The normalized spacial score (nSPS) is 14.1. The predicted molar refractivity (Wildman–Crippen MR) is 156 cm³/mol. The van der Waals surface area contributed by atoms with Crippen LogP contribution in [-0.2, 0) is 28.9 Å². The third-order valence-electron chi connectivity index (χ3n) is 6.57. The molecule has 2 heterocycles. The number of benzene rings is 1. The number of nitrogens with one attached hydrogen (secondary N) is 1. The zero-order valence-corrected chi connectivity index (χ0v) is 24.7. The number of aromatic nitrogens is 3. The number of allylic oxidation sites excluding steroid dienone is 1. The van der Waals surface area contributed by atoms with E-state index < -0.39 is 5.97 Å². The van der Waals surface area contributed by atoms with Gasteiger partial charge < -0.3 is 14.8 Å². The molecule has 1 N–H and O–H groups in total. The first-order chi connectivity index (χ1) is 18.8. The second-order valence-corrected chi connectivity index (χ2v) is 11.8. The number of aryl methyl sites for hydroxylation is 3. The lowest BCUT2D eigenvalue weighted by atomic mass is 9.96. The van der Waals surface area contributed by atoms with E-state index in [4.69, 9.17) is 9.47 Å². The predicted octanol–water partition coefficient (Wildman–Crippen LogP) is 6.46. The molecule has 4 rings (SSSR count). The number of thioether (sulfide) groups is 1. The fraction of sp³-hybridized carbons (Fsp3) is 0.448. The molecular weight excluding hydrogens is 532 g/mol. The van der Waals surface area contributed by atoms with Crippen molar-refractivity contribution in [2.24, 2.45) is 0 Å². The quantitative estimate of drug-likeness (QED) is 0.170. The van der Waals surface area contributed by atoms with Crippen molar-refractivity contribution < 1.29 is 19.1 Å². The van der Waals surface area contributed by atoms with Crippen LogP contribution in [0.2, 0.25) is 0 Å². The molecule has 2 aromatic heterocycles. The Hall–Kier alpha value is -3.11. The van der Waals surface area contributed by atoms with Gasteiger partial charge in [0.2, 0.25) is 5.91 Å². The van der Waals surface area contributed by atoms with Gasteiger partial charge >= 0.3 is 5.97 Å². The number of carbonyl (C=O) groups is 2. The van der Waals surface area contributed by atoms with Gasteiger partial charge in [-0.15, -0.1) is 28.1 Å². The van der Waals surface area contributed by atoms with Crippen LogP contribution in [0.5, 0.6) is 5.75 Å². The lowest BCUT2D eigenvalue weighted by molar-refractivity contribution is -0.113. The van der Waals surface area contributed by atoms with Crippen molar-refractivity contribution in [2.45, 2.75) is 77.1 Å². The van der Waals surface area contributed by atoms with E-state index in [0.717, 1.165) is 54.5 Å². The number of hydrogen-bond donors (Lipinski definition) is 1. The summed E-state index contributed by atoms with van der Waals surface area (Å²) in [5.41, 5.74) is 3.79. The van der Waals surface area contributed by atoms with Crippen LogP contribution >= 0.6 is 23.1 Å². The summed E-state index contributed by atoms with van der Waals surface area (Å²) in [4.78, 5) is 26.9. The van der Waals surface area contributed by atoms with Gasteiger partial charge in [-0.1, -0.05) is 36.7 Å². The van der Waals surface area contributed by atoms with Gasteiger partial charge in [0.05, 0.1) is 18.4 Å². The van der Waals surface area contributed by atoms with Crippen LogP contribution in [0.1, 0.15) is 76.5 Å². The minimum Gasteiger partial charge on any atom is -0.483 e. The lowest BCUT2D eigenvalue weighted by Crippen LogP contribution is -2.17. The maximum absolute atomic E-state index is 13.0. The first-order valence-electron chi connectivity index (χ1n) is 13.2. The van der Waals surface area contributed by atoms with E-state index >= 15 is 0 Å². The Kier molecular flexibility index (Phi) is 9.85. The van der Waals surface area contributed by atoms with E-state index in [1.54, 1.807) is 6.08 Å². The highest BCUT2D eigenvalue weighted by Crippen LogP contribution is 2.38. The van der Waals surface area contributed by atoms with Gasteiger partial charge in [0.1, 0.15) is 10.8 Å². The molecule has 1 atom stereocenters. The molecule has 0 fully saturated rings. The van der Waals surface area contributed by atoms with Gasteiger partial charge in [0, 0.05) is 11.4 Å². The van der Waals surface area contributed by atoms with Gasteiger partial charge in [-0.05, 0) is 75.3 Å². The molecule has 0 spiro atoms. The molecule has 0 aliphatic heterocycles. The van der Waals surface area contributed by atoms with Crippen molar-refractivity contribution >= 4 is 40.0 Å². The average Bonchev–Trinajstić information content (AvgIpc) is 3.42. The molecule has 0 saturated carbocycles. The number of nitrogens with zero attached hydrogens (tertiary/aromatic N) is 3. The average molecular weight is 569 g/mol. The molecular formula is C29H36N4O4S2.